The van der Waals surface area contributed by atoms with Gasteiger partial charge in [0.2, 0.25) is 5.91 Å². The molecule has 1 aliphatic heterocycles. The lowest BCUT2D eigenvalue weighted by molar-refractivity contribution is -0.128. The normalized spacial score (nSPS) is 20.2. The molecular weight excluding hydrogens is 252 g/mol. The molecule has 20 heavy (non-hydrogen) atoms. The monoisotopic (exact) mass is 276 g/mol. The number of methoxy groups -OCH3 is 1. The number of carbonyl (C=O) groups is 1. The summed E-state index contributed by atoms with van der Waals surface area (Å²) < 4.78 is 5.19. The zero-order chi connectivity index (χ0) is 14.5. The van der Waals surface area contributed by atoms with E-state index < -0.39 is 0 Å². The first-order chi connectivity index (χ1) is 9.63. The standard InChI is InChI=1S/C16H24N2O2/c1-4-17-15(11-18-10-12(2)9-16(18)19)13-5-7-14(20-3)8-6-13/h5-8,12,15,17H,4,9-11H2,1-3H3. The van der Waals surface area contributed by atoms with Crippen molar-refractivity contribution in [2.75, 3.05) is 26.7 Å². The predicted molar refractivity (Wildman–Crippen MR) is 79.8 cm³/mol. The third kappa shape index (κ3) is 3.51. The Hall–Kier alpha value is -1.55. The summed E-state index contributed by atoms with van der Waals surface area (Å²) in [6, 6.07) is 8.24. The van der Waals surface area contributed by atoms with Crippen molar-refractivity contribution in [2.24, 2.45) is 5.92 Å². The molecule has 2 unspecified atom stereocenters. The second-order valence-corrected chi connectivity index (χ2v) is 5.49. The van der Waals surface area contributed by atoms with E-state index in [0.29, 0.717) is 12.3 Å². The van der Waals surface area contributed by atoms with Crippen LogP contribution in [0.2, 0.25) is 0 Å². The molecule has 1 saturated heterocycles. The van der Waals surface area contributed by atoms with Crippen molar-refractivity contribution >= 4 is 5.91 Å². The molecule has 1 aromatic carbocycles. The van der Waals surface area contributed by atoms with Crippen LogP contribution in [0.25, 0.3) is 0 Å². The maximum atomic E-state index is 11.9. The van der Waals surface area contributed by atoms with E-state index >= 15 is 0 Å². The van der Waals surface area contributed by atoms with Gasteiger partial charge in [-0.05, 0) is 30.2 Å². The molecule has 2 rings (SSSR count). The van der Waals surface area contributed by atoms with Crippen molar-refractivity contribution in [3.05, 3.63) is 29.8 Å². The summed E-state index contributed by atoms with van der Waals surface area (Å²) in [6.45, 7) is 6.72. The van der Waals surface area contributed by atoms with Crippen LogP contribution in [0.3, 0.4) is 0 Å². The molecule has 0 spiro atoms. The molecule has 1 aromatic rings. The summed E-state index contributed by atoms with van der Waals surface area (Å²) in [5.41, 5.74) is 1.19. The van der Waals surface area contributed by atoms with E-state index in [2.05, 4.69) is 31.3 Å². The quantitative estimate of drug-likeness (QED) is 0.866. The largest absolute Gasteiger partial charge is 0.497 e. The molecule has 1 amide bonds. The van der Waals surface area contributed by atoms with Crippen molar-refractivity contribution in [3.8, 4) is 5.75 Å². The molecule has 0 radical (unpaired) electrons. The fraction of sp³-hybridized carbons (Fsp3) is 0.562. The van der Waals surface area contributed by atoms with E-state index in [4.69, 9.17) is 4.74 Å². The zero-order valence-electron chi connectivity index (χ0n) is 12.6. The second kappa shape index (κ2) is 6.75. The Morgan fingerprint density at radius 2 is 2.10 bits per heavy atom. The summed E-state index contributed by atoms with van der Waals surface area (Å²) in [5, 5.41) is 3.46. The molecule has 4 nitrogen and oxygen atoms in total. The SMILES string of the molecule is CCNC(CN1CC(C)CC1=O)c1ccc(OC)cc1. The van der Waals surface area contributed by atoms with E-state index in [9.17, 15) is 4.79 Å². The molecule has 2 atom stereocenters. The predicted octanol–water partition coefficient (Wildman–Crippen LogP) is 2.21. The van der Waals surface area contributed by atoms with Gasteiger partial charge in [0, 0.05) is 25.6 Å². The maximum Gasteiger partial charge on any atom is 0.222 e. The molecule has 110 valence electrons. The van der Waals surface area contributed by atoms with Gasteiger partial charge in [0.05, 0.1) is 7.11 Å². The number of hydrogen-bond acceptors (Lipinski definition) is 3. The number of benzene rings is 1. The van der Waals surface area contributed by atoms with Crippen LogP contribution in [-0.4, -0.2) is 37.6 Å². The van der Waals surface area contributed by atoms with Gasteiger partial charge in [-0.1, -0.05) is 26.0 Å². The van der Waals surface area contributed by atoms with Gasteiger partial charge in [-0.2, -0.15) is 0 Å². The van der Waals surface area contributed by atoms with Crippen molar-refractivity contribution in [1.82, 2.24) is 10.2 Å². The van der Waals surface area contributed by atoms with Gasteiger partial charge in [0.25, 0.3) is 0 Å². The van der Waals surface area contributed by atoms with Gasteiger partial charge in [-0.25, -0.2) is 0 Å². The molecule has 0 bridgehead atoms. The highest BCUT2D eigenvalue weighted by atomic mass is 16.5. The highest BCUT2D eigenvalue weighted by Gasteiger charge is 2.28. The minimum Gasteiger partial charge on any atom is -0.497 e. The van der Waals surface area contributed by atoms with Gasteiger partial charge >= 0.3 is 0 Å². The summed E-state index contributed by atoms with van der Waals surface area (Å²) in [6.07, 6.45) is 0.682. The molecule has 1 fully saturated rings. The van der Waals surface area contributed by atoms with E-state index in [1.54, 1.807) is 7.11 Å². The van der Waals surface area contributed by atoms with Crippen LogP contribution in [-0.2, 0) is 4.79 Å². The Morgan fingerprint density at radius 1 is 1.40 bits per heavy atom. The fourth-order valence-electron chi connectivity index (χ4n) is 2.74. The first-order valence-electron chi connectivity index (χ1n) is 7.29. The third-order valence-corrected chi connectivity index (χ3v) is 3.78. The van der Waals surface area contributed by atoms with Crippen LogP contribution < -0.4 is 10.1 Å². The topological polar surface area (TPSA) is 41.6 Å². The smallest absolute Gasteiger partial charge is 0.222 e. The Balaban J connectivity index is 2.07. The number of likely N-dealkylation sites (N-methyl/N-ethyl adjacent to an activating group) is 1. The minimum absolute atomic E-state index is 0.181. The number of nitrogens with zero attached hydrogens (tertiary/aromatic N) is 1. The Bertz CT molecular complexity index is 444. The number of hydrogen-bond donors (Lipinski definition) is 1. The van der Waals surface area contributed by atoms with Crippen LogP contribution >= 0.6 is 0 Å². The Labute approximate surface area is 121 Å². The van der Waals surface area contributed by atoms with Crippen molar-refractivity contribution < 1.29 is 9.53 Å². The summed E-state index contributed by atoms with van der Waals surface area (Å²) in [5.74, 6) is 1.60. The summed E-state index contributed by atoms with van der Waals surface area (Å²) in [7, 11) is 1.67. The number of carbonyl (C=O) groups excluding carboxylic acids is 1. The van der Waals surface area contributed by atoms with E-state index in [0.717, 1.165) is 25.4 Å². The van der Waals surface area contributed by atoms with Crippen LogP contribution in [0.4, 0.5) is 0 Å². The Morgan fingerprint density at radius 3 is 2.60 bits per heavy atom. The van der Waals surface area contributed by atoms with Crippen LogP contribution in [0, 0.1) is 5.92 Å². The van der Waals surface area contributed by atoms with Crippen LogP contribution in [0.15, 0.2) is 24.3 Å². The number of nitrogens with one attached hydrogen (secondary N) is 1. The van der Waals surface area contributed by atoms with Crippen molar-refractivity contribution in [1.29, 1.82) is 0 Å². The third-order valence-electron chi connectivity index (χ3n) is 3.78. The van der Waals surface area contributed by atoms with Gasteiger partial charge in [0.15, 0.2) is 0 Å². The van der Waals surface area contributed by atoms with Gasteiger partial charge < -0.3 is 15.0 Å². The van der Waals surface area contributed by atoms with Gasteiger partial charge in [-0.15, -0.1) is 0 Å². The van der Waals surface area contributed by atoms with E-state index in [1.807, 2.05) is 17.0 Å². The first-order valence-corrected chi connectivity index (χ1v) is 7.29. The van der Waals surface area contributed by atoms with Gasteiger partial charge in [0.1, 0.15) is 5.75 Å². The zero-order valence-corrected chi connectivity index (χ0v) is 12.6. The molecule has 0 saturated carbocycles. The summed E-state index contributed by atoms with van der Waals surface area (Å²) in [4.78, 5) is 13.9. The molecular formula is C16H24N2O2. The van der Waals surface area contributed by atoms with Crippen molar-refractivity contribution in [2.45, 2.75) is 26.3 Å². The lowest BCUT2D eigenvalue weighted by atomic mass is 10.1. The minimum atomic E-state index is 0.181. The average molecular weight is 276 g/mol. The second-order valence-electron chi connectivity index (χ2n) is 5.49. The van der Waals surface area contributed by atoms with Gasteiger partial charge in [-0.3, -0.25) is 4.79 Å². The number of likely N-dealkylation sites (tertiary alicyclic amines) is 1. The van der Waals surface area contributed by atoms with E-state index in [1.165, 1.54) is 5.56 Å². The molecule has 4 heteroatoms. The van der Waals surface area contributed by atoms with E-state index in [-0.39, 0.29) is 11.9 Å². The number of rotatable bonds is 6. The molecule has 1 heterocycles. The summed E-state index contributed by atoms with van der Waals surface area (Å²) >= 11 is 0. The first kappa shape index (κ1) is 14.9. The lowest BCUT2D eigenvalue weighted by Crippen LogP contribution is -2.36. The molecule has 0 aliphatic carbocycles. The lowest BCUT2D eigenvalue weighted by Gasteiger charge is -2.25. The number of amides is 1. The number of ether oxygens (including phenoxy) is 1. The van der Waals surface area contributed by atoms with Crippen LogP contribution in [0.1, 0.15) is 31.9 Å². The fourth-order valence-corrected chi connectivity index (χ4v) is 2.74. The maximum absolute atomic E-state index is 11.9. The highest BCUT2D eigenvalue weighted by molar-refractivity contribution is 5.78. The average Bonchev–Trinajstić information content (AvgIpc) is 2.76. The molecule has 1 aliphatic rings. The van der Waals surface area contributed by atoms with Crippen LogP contribution in [0.5, 0.6) is 5.75 Å². The molecule has 0 aromatic heterocycles. The Kier molecular flexibility index (Phi) is 5.01. The molecule has 1 N–H and O–H groups in total. The highest BCUT2D eigenvalue weighted by Crippen LogP contribution is 2.23. The van der Waals surface area contributed by atoms with Crippen molar-refractivity contribution in [3.63, 3.8) is 0 Å².